The van der Waals surface area contributed by atoms with Gasteiger partial charge in [0.2, 0.25) is 5.91 Å². The summed E-state index contributed by atoms with van der Waals surface area (Å²) < 4.78 is 76.7. The molecule has 3 aromatic carbocycles. The number of ether oxygens (including phenoxy) is 2. The van der Waals surface area contributed by atoms with E-state index in [9.17, 15) is 32.7 Å². The van der Waals surface area contributed by atoms with Crippen molar-refractivity contribution in [2.75, 3.05) is 31.6 Å². The van der Waals surface area contributed by atoms with Crippen LogP contribution in [0.25, 0.3) is 10.4 Å². The molecular formula is C33H35F5N6O4. The third kappa shape index (κ3) is 10.1. The summed E-state index contributed by atoms with van der Waals surface area (Å²) in [5.74, 6) is -2.47. The molecule has 4 atom stereocenters. The van der Waals surface area contributed by atoms with E-state index in [0.29, 0.717) is 29.7 Å². The standard InChI is InChI=1S/C33H35F5N6O4/c1-19-5-3-6-21(13-19)29(22-9-12-26(34)20(2)14-22)30(43-44-39)31(45)42-28-8-4-7-27(35)25(28)11-10-24-15-40-23(16-47-24)17-48-32(46)41-18-33(36,37)38/h3-9,12-14,23-24,29-30,40H,10-11,15-18H2,1-2H3,(H,41,46)(H,42,45)/t23-,24+,29+,30-/m0/s1. The van der Waals surface area contributed by atoms with E-state index >= 15 is 4.39 Å². The smallest absolute Gasteiger partial charge is 0.407 e. The molecule has 1 fully saturated rings. The molecule has 0 aromatic heterocycles. The van der Waals surface area contributed by atoms with Gasteiger partial charge in [-0.05, 0) is 67.1 Å². The van der Waals surface area contributed by atoms with Crippen LogP contribution in [-0.2, 0) is 20.7 Å². The summed E-state index contributed by atoms with van der Waals surface area (Å²) in [5.41, 5.74) is 12.3. The zero-order chi connectivity index (χ0) is 34.8. The highest BCUT2D eigenvalue weighted by Crippen LogP contribution is 2.33. The van der Waals surface area contributed by atoms with Crippen LogP contribution in [0.3, 0.4) is 0 Å². The van der Waals surface area contributed by atoms with Crippen LogP contribution in [0.4, 0.5) is 32.4 Å². The molecular weight excluding hydrogens is 639 g/mol. The molecule has 0 radical (unpaired) electrons. The average Bonchev–Trinajstić information content (AvgIpc) is 3.04. The Hall–Kier alpha value is -4.72. The number of nitrogens with one attached hydrogen (secondary N) is 3. The Morgan fingerprint density at radius 1 is 1.08 bits per heavy atom. The number of rotatable bonds is 12. The Labute approximate surface area is 273 Å². The lowest BCUT2D eigenvalue weighted by molar-refractivity contribution is -0.124. The highest BCUT2D eigenvalue weighted by Gasteiger charge is 2.32. The van der Waals surface area contributed by atoms with Crippen LogP contribution in [0.15, 0.2) is 65.8 Å². The number of amides is 2. The Morgan fingerprint density at radius 3 is 2.50 bits per heavy atom. The van der Waals surface area contributed by atoms with Gasteiger partial charge < -0.3 is 25.4 Å². The SMILES string of the molecule is Cc1cccc([C@H](c2ccc(F)c(C)c2)[C@H](N=[N+]=[N-])C(=O)Nc2cccc(F)c2CC[C@@H]2CN[C@H](COC(=O)NCC(F)(F)F)CO2)c1. The van der Waals surface area contributed by atoms with Gasteiger partial charge in [-0.25, -0.2) is 13.6 Å². The zero-order valence-electron chi connectivity index (χ0n) is 26.2. The van der Waals surface area contributed by atoms with Gasteiger partial charge in [0.15, 0.2) is 0 Å². The molecule has 0 aliphatic carbocycles. The van der Waals surface area contributed by atoms with Gasteiger partial charge in [-0.2, -0.15) is 13.2 Å². The first-order valence-corrected chi connectivity index (χ1v) is 15.1. The predicted molar refractivity (Wildman–Crippen MR) is 167 cm³/mol. The van der Waals surface area contributed by atoms with E-state index in [4.69, 9.17) is 9.47 Å². The molecule has 4 rings (SSSR count). The van der Waals surface area contributed by atoms with Crippen molar-refractivity contribution in [2.24, 2.45) is 5.11 Å². The van der Waals surface area contributed by atoms with Crippen LogP contribution in [0.2, 0.25) is 0 Å². The van der Waals surface area contributed by atoms with E-state index in [1.54, 1.807) is 30.4 Å². The number of alkyl halides is 3. The molecule has 10 nitrogen and oxygen atoms in total. The topological polar surface area (TPSA) is 137 Å². The van der Waals surface area contributed by atoms with Crippen molar-refractivity contribution in [1.29, 1.82) is 0 Å². The fraction of sp³-hybridized carbons (Fsp3) is 0.394. The third-order valence-electron chi connectivity index (χ3n) is 7.81. The summed E-state index contributed by atoms with van der Waals surface area (Å²) in [6.07, 6.45) is -5.66. The minimum Gasteiger partial charge on any atom is -0.448 e. The van der Waals surface area contributed by atoms with Gasteiger partial charge in [0.25, 0.3) is 0 Å². The first-order chi connectivity index (χ1) is 22.8. The molecule has 3 N–H and O–H groups in total. The van der Waals surface area contributed by atoms with E-state index < -0.39 is 54.4 Å². The maximum Gasteiger partial charge on any atom is 0.407 e. The van der Waals surface area contributed by atoms with Crippen LogP contribution in [0, 0.1) is 25.5 Å². The Morgan fingerprint density at radius 2 is 1.83 bits per heavy atom. The fourth-order valence-electron chi connectivity index (χ4n) is 5.41. The molecule has 0 bridgehead atoms. The first-order valence-electron chi connectivity index (χ1n) is 15.1. The third-order valence-corrected chi connectivity index (χ3v) is 7.81. The van der Waals surface area contributed by atoms with Crippen LogP contribution in [-0.4, -0.2) is 62.7 Å². The van der Waals surface area contributed by atoms with Gasteiger partial charge in [-0.1, -0.05) is 53.1 Å². The monoisotopic (exact) mass is 674 g/mol. The number of hydrogen-bond acceptors (Lipinski definition) is 6. The maximum absolute atomic E-state index is 15.1. The van der Waals surface area contributed by atoms with Gasteiger partial charge in [0.1, 0.15) is 30.8 Å². The van der Waals surface area contributed by atoms with Crippen molar-refractivity contribution >= 4 is 17.7 Å². The van der Waals surface area contributed by atoms with E-state index in [1.807, 2.05) is 19.1 Å². The fourth-order valence-corrected chi connectivity index (χ4v) is 5.41. The molecule has 256 valence electrons. The van der Waals surface area contributed by atoms with Gasteiger partial charge in [0, 0.05) is 28.6 Å². The Balaban J connectivity index is 1.44. The summed E-state index contributed by atoms with van der Waals surface area (Å²) in [6.45, 7) is 2.13. The average molecular weight is 675 g/mol. The number of halogens is 5. The highest BCUT2D eigenvalue weighted by molar-refractivity contribution is 5.96. The molecule has 1 saturated heterocycles. The van der Waals surface area contributed by atoms with Crippen molar-refractivity contribution in [2.45, 2.75) is 57.0 Å². The lowest BCUT2D eigenvalue weighted by atomic mass is 9.83. The largest absolute Gasteiger partial charge is 0.448 e. The number of anilines is 1. The minimum atomic E-state index is -4.56. The lowest BCUT2D eigenvalue weighted by Gasteiger charge is -2.30. The van der Waals surface area contributed by atoms with Crippen molar-refractivity contribution in [1.82, 2.24) is 10.6 Å². The second-order valence-corrected chi connectivity index (χ2v) is 11.5. The number of carbonyl (C=O) groups is 2. The molecule has 1 aliphatic rings. The predicted octanol–water partition coefficient (Wildman–Crippen LogP) is 6.61. The number of aryl methyl sites for hydroxylation is 2. The molecule has 1 heterocycles. The zero-order valence-corrected chi connectivity index (χ0v) is 26.2. The van der Waals surface area contributed by atoms with Crippen molar-refractivity contribution in [3.05, 3.63) is 111 Å². The molecule has 0 spiro atoms. The van der Waals surface area contributed by atoms with Crippen LogP contribution >= 0.6 is 0 Å². The Bertz CT molecular complexity index is 1640. The first kappa shape index (κ1) is 36.1. The van der Waals surface area contributed by atoms with Gasteiger partial charge in [-0.3, -0.25) is 4.79 Å². The number of carbonyl (C=O) groups excluding carboxylic acids is 2. The van der Waals surface area contributed by atoms with E-state index in [1.165, 1.54) is 30.3 Å². The molecule has 1 aliphatic heterocycles. The molecule has 48 heavy (non-hydrogen) atoms. The summed E-state index contributed by atoms with van der Waals surface area (Å²) in [7, 11) is 0. The number of nitrogens with zero attached hydrogens (tertiary/aromatic N) is 3. The van der Waals surface area contributed by atoms with Gasteiger partial charge >= 0.3 is 12.3 Å². The van der Waals surface area contributed by atoms with Crippen molar-refractivity contribution in [3.63, 3.8) is 0 Å². The van der Waals surface area contributed by atoms with Crippen molar-refractivity contribution < 1.29 is 41.0 Å². The maximum atomic E-state index is 15.1. The summed E-state index contributed by atoms with van der Waals surface area (Å²) >= 11 is 0. The lowest BCUT2D eigenvalue weighted by Crippen LogP contribution is -2.49. The quantitative estimate of drug-likeness (QED) is 0.0860. The molecule has 3 aromatic rings. The number of alkyl carbamates (subject to hydrolysis) is 1. The number of azide groups is 1. The normalized spacial score (nSPS) is 17.5. The van der Waals surface area contributed by atoms with E-state index in [0.717, 1.165) is 5.56 Å². The Kier molecular flexibility index (Phi) is 12.3. The second-order valence-electron chi connectivity index (χ2n) is 11.5. The number of hydrogen-bond donors (Lipinski definition) is 3. The molecule has 15 heteroatoms. The number of morpholine rings is 1. The van der Waals surface area contributed by atoms with Gasteiger partial charge in [-0.15, -0.1) is 0 Å². The van der Waals surface area contributed by atoms with Crippen LogP contribution < -0.4 is 16.0 Å². The highest BCUT2D eigenvalue weighted by atomic mass is 19.4. The summed E-state index contributed by atoms with van der Waals surface area (Å²) in [5, 5.41) is 11.3. The van der Waals surface area contributed by atoms with Crippen LogP contribution in [0.5, 0.6) is 0 Å². The van der Waals surface area contributed by atoms with Crippen LogP contribution in [0.1, 0.15) is 40.2 Å². The molecule has 0 saturated carbocycles. The summed E-state index contributed by atoms with van der Waals surface area (Å²) in [6, 6.07) is 14.2. The molecule has 2 amide bonds. The second kappa shape index (κ2) is 16.4. The minimum absolute atomic E-state index is 0.0924. The van der Waals surface area contributed by atoms with E-state index in [-0.39, 0.29) is 37.0 Å². The summed E-state index contributed by atoms with van der Waals surface area (Å²) in [4.78, 5) is 28.3. The molecule has 0 unspecified atom stereocenters. The van der Waals surface area contributed by atoms with E-state index in [2.05, 4.69) is 20.7 Å². The number of benzene rings is 3. The van der Waals surface area contributed by atoms with Crippen molar-refractivity contribution in [3.8, 4) is 0 Å². The van der Waals surface area contributed by atoms with Gasteiger partial charge in [0.05, 0.1) is 18.8 Å².